The molecule has 0 bridgehead atoms. The largest absolute Gasteiger partial charge is 0.339 e. The van der Waals surface area contributed by atoms with E-state index in [1.807, 2.05) is 24.9 Å². The van der Waals surface area contributed by atoms with Crippen molar-refractivity contribution in [2.24, 2.45) is 7.05 Å². The van der Waals surface area contributed by atoms with Gasteiger partial charge >= 0.3 is 0 Å². The Labute approximate surface area is 105 Å². The third kappa shape index (κ3) is 2.70. The summed E-state index contributed by atoms with van der Waals surface area (Å²) in [5.41, 5.74) is 2.32. The van der Waals surface area contributed by atoms with Crippen LogP contribution in [-0.2, 0) is 13.6 Å². The summed E-state index contributed by atoms with van der Waals surface area (Å²) in [7, 11) is 1.97. The number of rotatable bonds is 5. The molecule has 2 rings (SSSR count). The quantitative estimate of drug-likeness (QED) is 0.849. The molecular weight excluding hydrogens is 234 g/mol. The monoisotopic (exact) mass is 251 g/mol. The molecule has 0 aliphatic heterocycles. The van der Waals surface area contributed by atoms with Gasteiger partial charge in [0.25, 0.3) is 0 Å². The lowest BCUT2D eigenvalue weighted by Crippen LogP contribution is -2.12. The first-order valence-electron chi connectivity index (χ1n) is 5.62. The van der Waals surface area contributed by atoms with E-state index in [-0.39, 0.29) is 0 Å². The normalized spacial score (nSPS) is 11.0. The number of imidazole rings is 1. The Hall–Kier alpha value is -1.27. The Balaban J connectivity index is 2.25. The van der Waals surface area contributed by atoms with Crippen LogP contribution in [0, 0.1) is 6.92 Å². The highest BCUT2D eigenvalue weighted by atomic mass is 32.2. The number of nitrogens with one attached hydrogen (secondary N) is 2. The Bertz CT molecular complexity index is 474. The number of H-pyrrole nitrogens is 1. The number of aromatic nitrogens is 4. The van der Waals surface area contributed by atoms with Gasteiger partial charge in [0, 0.05) is 31.5 Å². The van der Waals surface area contributed by atoms with Crippen molar-refractivity contribution in [2.75, 3.05) is 6.54 Å². The number of aryl methyl sites for hydroxylation is 2. The lowest BCUT2D eigenvalue weighted by molar-refractivity contribution is 0.673. The predicted molar refractivity (Wildman–Crippen MR) is 68.0 cm³/mol. The summed E-state index contributed by atoms with van der Waals surface area (Å²) in [5.74, 6) is 0. The average Bonchev–Trinajstić information content (AvgIpc) is 2.88. The molecule has 0 saturated carbocycles. The predicted octanol–water partition coefficient (Wildman–Crippen LogP) is 1.71. The standard InChI is InChI=1S/C11H17N5S/c1-4-12-7-9-8(2)15-16(3)10(9)17-11-13-5-6-14-11/h5-6,12H,4,7H2,1-3H3,(H,13,14). The van der Waals surface area contributed by atoms with Gasteiger partial charge in [-0.2, -0.15) is 5.10 Å². The molecule has 0 fully saturated rings. The molecule has 2 heterocycles. The Kier molecular flexibility index (Phi) is 3.86. The highest BCUT2D eigenvalue weighted by Crippen LogP contribution is 2.29. The molecule has 17 heavy (non-hydrogen) atoms. The van der Waals surface area contributed by atoms with E-state index in [0.29, 0.717) is 0 Å². The zero-order valence-electron chi connectivity index (χ0n) is 10.3. The number of hydrogen-bond acceptors (Lipinski definition) is 4. The van der Waals surface area contributed by atoms with Gasteiger partial charge < -0.3 is 10.3 Å². The second-order valence-electron chi connectivity index (χ2n) is 3.77. The van der Waals surface area contributed by atoms with Gasteiger partial charge in [-0.1, -0.05) is 6.92 Å². The molecule has 2 aromatic rings. The maximum atomic E-state index is 4.46. The minimum atomic E-state index is 0.846. The van der Waals surface area contributed by atoms with Crippen LogP contribution in [-0.4, -0.2) is 26.3 Å². The molecular formula is C11H17N5S. The first kappa shape index (κ1) is 12.2. The number of aromatic amines is 1. The fraction of sp³-hybridized carbons (Fsp3) is 0.455. The topological polar surface area (TPSA) is 58.5 Å². The van der Waals surface area contributed by atoms with Gasteiger partial charge in [0.2, 0.25) is 0 Å². The van der Waals surface area contributed by atoms with E-state index in [0.717, 1.165) is 29.0 Å². The Morgan fingerprint density at radius 3 is 3.00 bits per heavy atom. The maximum absolute atomic E-state index is 4.46. The van der Waals surface area contributed by atoms with Crippen LogP contribution in [0.4, 0.5) is 0 Å². The molecule has 2 N–H and O–H groups in total. The average molecular weight is 251 g/mol. The van der Waals surface area contributed by atoms with Crippen molar-refractivity contribution in [1.82, 2.24) is 25.1 Å². The summed E-state index contributed by atoms with van der Waals surface area (Å²) in [6.07, 6.45) is 3.59. The van der Waals surface area contributed by atoms with E-state index in [4.69, 9.17) is 0 Å². The van der Waals surface area contributed by atoms with Gasteiger partial charge in [-0.05, 0) is 25.2 Å². The summed E-state index contributed by atoms with van der Waals surface area (Å²) >= 11 is 1.61. The second-order valence-corrected chi connectivity index (χ2v) is 4.75. The van der Waals surface area contributed by atoms with Gasteiger partial charge in [-0.25, -0.2) is 4.98 Å². The van der Waals surface area contributed by atoms with E-state index >= 15 is 0 Å². The van der Waals surface area contributed by atoms with Gasteiger partial charge in [-0.3, -0.25) is 4.68 Å². The van der Waals surface area contributed by atoms with Gasteiger partial charge in [-0.15, -0.1) is 0 Å². The third-order valence-corrected chi connectivity index (χ3v) is 3.63. The molecule has 2 aromatic heterocycles. The molecule has 0 atom stereocenters. The summed E-state index contributed by atoms with van der Waals surface area (Å²) in [4.78, 5) is 7.32. The molecule has 0 aromatic carbocycles. The smallest absolute Gasteiger partial charge is 0.171 e. The van der Waals surface area contributed by atoms with Crippen molar-refractivity contribution < 1.29 is 0 Å². The Morgan fingerprint density at radius 1 is 1.53 bits per heavy atom. The third-order valence-electron chi connectivity index (χ3n) is 2.51. The van der Waals surface area contributed by atoms with Crippen molar-refractivity contribution >= 4 is 11.8 Å². The SMILES string of the molecule is CCNCc1c(C)nn(C)c1Sc1ncc[nH]1. The summed E-state index contributed by atoms with van der Waals surface area (Å²) in [5, 5.41) is 9.83. The summed E-state index contributed by atoms with van der Waals surface area (Å²) < 4.78 is 1.91. The second kappa shape index (κ2) is 5.37. The molecule has 0 spiro atoms. The van der Waals surface area contributed by atoms with E-state index in [1.54, 1.807) is 18.0 Å². The first-order chi connectivity index (χ1) is 8.22. The summed E-state index contributed by atoms with van der Waals surface area (Å²) in [6, 6.07) is 0. The van der Waals surface area contributed by atoms with Gasteiger partial charge in [0.1, 0.15) is 5.03 Å². The van der Waals surface area contributed by atoms with Crippen LogP contribution in [0.1, 0.15) is 18.2 Å². The first-order valence-corrected chi connectivity index (χ1v) is 6.44. The highest BCUT2D eigenvalue weighted by Gasteiger charge is 2.14. The zero-order valence-corrected chi connectivity index (χ0v) is 11.1. The lowest BCUT2D eigenvalue weighted by Gasteiger charge is -2.05. The van der Waals surface area contributed by atoms with E-state index in [9.17, 15) is 0 Å². The van der Waals surface area contributed by atoms with Crippen LogP contribution >= 0.6 is 11.8 Å². The maximum Gasteiger partial charge on any atom is 0.171 e. The molecule has 0 aliphatic rings. The number of nitrogens with zero attached hydrogens (tertiary/aromatic N) is 3. The molecule has 0 aliphatic carbocycles. The van der Waals surface area contributed by atoms with Crippen LogP contribution in [0.2, 0.25) is 0 Å². The minimum Gasteiger partial charge on any atom is -0.339 e. The van der Waals surface area contributed by atoms with Crippen LogP contribution < -0.4 is 5.32 Å². The van der Waals surface area contributed by atoms with Crippen molar-refractivity contribution in [3.05, 3.63) is 23.7 Å². The highest BCUT2D eigenvalue weighted by molar-refractivity contribution is 7.99. The van der Waals surface area contributed by atoms with E-state index in [1.165, 1.54) is 5.56 Å². The van der Waals surface area contributed by atoms with Crippen molar-refractivity contribution in [1.29, 1.82) is 0 Å². The van der Waals surface area contributed by atoms with Crippen LogP contribution in [0.3, 0.4) is 0 Å². The molecule has 0 amide bonds. The fourth-order valence-corrected chi connectivity index (χ4v) is 2.60. The minimum absolute atomic E-state index is 0.846. The fourth-order valence-electron chi connectivity index (χ4n) is 1.66. The summed E-state index contributed by atoms with van der Waals surface area (Å²) in [6.45, 7) is 5.95. The molecule has 0 radical (unpaired) electrons. The lowest BCUT2D eigenvalue weighted by atomic mass is 10.2. The Morgan fingerprint density at radius 2 is 2.35 bits per heavy atom. The van der Waals surface area contributed by atoms with Crippen molar-refractivity contribution in [3.63, 3.8) is 0 Å². The molecule has 5 nitrogen and oxygen atoms in total. The van der Waals surface area contributed by atoms with Crippen LogP contribution in [0.25, 0.3) is 0 Å². The van der Waals surface area contributed by atoms with Crippen LogP contribution in [0.15, 0.2) is 22.6 Å². The van der Waals surface area contributed by atoms with E-state index < -0.39 is 0 Å². The zero-order chi connectivity index (χ0) is 12.3. The van der Waals surface area contributed by atoms with Crippen molar-refractivity contribution in [3.8, 4) is 0 Å². The molecule has 92 valence electrons. The molecule has 0 saturated heterocycles. The van der Waals surface area contributed by atoms with E-state index in [2.05, 4.69) is 27.3 Å². The van der Waals surface area contributed by atoms with Gasteiger partial charge in [0.05, 0.1) is 5.69 Å². The van der Waals surface area contributed by atoms with Gasteiger partial charge in [0.15, 0.2) is 5.16 Å². The molecule has 6 heteroatoms. The van der Waals surface area contributed by atoms with Crippen LogP contribution in [0.5, 0.6) is 0 Å². The molecule has 0 unspecified atom stereocenters. The number of hydrogen-bond donors (Lipinski definition) is 2. The van der Waals surface area contributed by atoms with Crippen molar-refractivity contribution in [2.45, 2.75) is 30.6 Å².